The molecule has 2 heterocycles. The smallest absolute Gasteiger partial charge is 0.381 e. The molecule has 2 aliphatic heterocycles. The van der Waals surface area contributed by atoms with Gasteiger partial charge in [0.15, 0.2) is 0 Å². The first-order valence-electron chi connectivity index (χ1n) is 5.72. The molecule has 2 aliphatic rings. The van der Waals surface area contributed by atoms with E-state index in [9.17, 15) is 14.5 Å². The number of hydrogen-bond donors (Lipinski definition) is 1. The molecule has 0 saturated carbocycles. The summed E-state index contributed by atoms with van der Waals surface area (Å²) in [5.74, 6) is -0.963. The lowest BCUT2D eigenvalue weighted by Gasteiger charge is -2.24. The number of ether oxygens (including phenoxy) is 1. The monoisotopic (exact) mass is 245 g/mol. The lowest BCUT2D eigenvalue weighted by atomic mass is 10.1. The van der Waals surface area contributed by atoms with E-state index in [2.05, 4.69) is 5.32 Å². The van der Waals surface area contributed by atoms with E-state index in [1.165, 1.54) is 0 Å². The van der Waals surface area contributed by atoms with E-state index >= 15 is 0 Å². The Hall–Kier alpha value is -1.37. The van der Waals surface area contributed by atoms with Gasteiger partial charge in [-0.2, -0.15) is 0 Å². The summed E-state index contributed by atoms with van der Waals surface area (Å²) in [6, 6.07) is 0.0660. The number of nitro groups is 1. The van der Waals surface area contributed by atoms with Crippen molar-refractivity contribution in [2.75, 3.05) is 26.3 Å². The third kappa shape index (κ3) is 2.49. The van der Waals surface area contributed by atoms with Crippen LogP contribution in [0.25, 0.3) is 0 Å². The second-order valence-electron chi connectivity index (χ2n) is 4.51. The zero-order chi connectivity index (χ0) is 12.4. The maximum absolute atomic E-state index is 13.4. The molecule has 0 aromatic rings. The zero-order valence-corrected chi connectivity index (χ0v) is 9.69. The minimum absolute atomic E-state index is 0.00870. The van der Waals surface area contributed by atoms with E-state index in [-0.39, 0.29) is 11.9 Å². The number of rotatable bonds is 3. The largest absolute Gasteiger partial charge is 0.460 e. The fourth-order valence-corrected chi connectivity index (χ4v) is 2.23. The minimum atomic E-state index is -1.30. The van der Waals surface area contributed by atoms with Crippen molar-refractivity contribution in [3.05, 3.63) is 21.9 Å². The van der Waals surface area contributed by atoms with Crippen LogP contribution in [0.2, 0.25) is 0 Å². The summed E-state index contributed by atoms with van der Waals surface area (Å²) in [6.45, 7) is 4.42. The van der Waals surface area contributed by atoms with E-state index in [1.807, 2.05) is 6.92 Å². The van der Waals surface area contributed by atoms with Crippen LogP contribution in [0.3, 0.4) is 0 Å². The van der Waals surface area contributed by atoms with Crippen molar-refractivity contribution in [2.45, 2.75) is 19.4 Å². The second kappa shape index (κ2) is 4.87. The molecule has 2 rings (SSSR count). The van der Waals surface area contributed by atoms with Gasteiger partial charge < -0.3 is 15.0 Å². The molecule has 0 bridgehead atoms. The highest BCUT2D eigenvalue weighted by Gasteiger charge is 2.34. The Morgan fingerprint density at radius 2 is 2.53 bits per heavy atom. The van der Waals surface area contributed by atoms with Crippen LogP contribution in [0.4, 0.5) is 4.39 Å². The van der Waals surface area contributed by atoms with Crippen LogP contribution in [0.1, 0.15) is 13.3 Å². The quantitative estimate of drug-likeness (QED) is 0.450. The normalized spacial score (nSPS) is 31.5. The minimum Gasteiger partial charge on any atom is -0.381 e. The van der Waals surface area contributed by atoms with Gasteiger partial charge in [-0.05, 0) is 13.3 Å². The summed E-state index contributed by atoms with van der Waals surface area (Å²) in [4.78, 5) is 11.2. The summed E-state index contributed by atoms with van der Waals surface area (Å²) < 4.78 is 18.6. The second-order valence-corrected chi connectivity index (χ2v) is 4.51. The lowest BCUT2D eigenvalue weighted by Crippen LogP contribution is -2.33. The SMILES string of the molecule is CC1CNC(=C(F)[N+](=O)[O-])N1CC1CCOC1. The Balaban J connectivity index is 2.10. The highest BCUT2D eigenvalue weighted by molar-refractivity contribution is 5.07. The molecule has 6 nitrogen and oxygen atoms in total. The van der Waals surface area contributed by atoms with Gasteiger partial charge in [0.05, 0.1) is 11.5 Å². The van der Waals surface area contributed by atoms with Crippen LogP contribution in [-0.4, -0.2) is 42.2 Å². The summed E-state index contributed by atoms with van der Waals surface area (Å²) in [7, 11) is 0. The molecule has 0 aromatic carbocycles. The van der Waals surface area contributed by atoms with Crippen molar-refractivity contribution < 1.29 is 14.1 Å². The topological polar surface area (TPSA) is 67.6 Å². The first kappa shape index (κ1) is 12.1. The maximum atomic E-state index is 13.4. The molecule has 2 fully saturated rings. The van der Waals surface area contributed by atoms with Crippen LogP contribution < -0.4 is 5.32 Å². The standard InChI is InChI=1S/C10H16FN3O3/c1-7-4-12-10(9(11)14(15)16)13(7)5-8-2-3-17-6-8/h7-8,12H,2-6H2,1H3. The molecule has 2 saturated heterocycles. The van der Waals surface area contributed by atoms with E-state index < -0.39 is 10.9 Å². The van der Waals surface area contributed by atoms with Gasteiger partial charge >= 0.3 is 5.95 Å². The van der Waals surface area contributed by atoms with Gasteiger partial charge in [0.2, 0.25) is 5.82 Å². The van der Waals surface area contributed by atoms with Crippen LogP contribution in [0.15, 0.2) is 11.8 Å². The number of nitrogens with zero attached hydrogens (tertiary/aromatic N) is 2. The van der Waals surface area contributed by atoms with Crippen LogP contribution in [0.5, 0.6) is 0 Å². The highest BCUT2D eigenvalue weighted by Crippen LogP contribution is 2.23. The van der Waals surface area contributed by atoms with Gasteiger partial charge in [-0.1, -0.05) is 0 Å². The van der Waals surface area contributed by atoms with E-state index in [0.29, 0.717) is 25.6 Å². The van der Waals surface area contributed by atoms with Gasteiger partial charge in [0.1, 0.15) is 0 Å². The first-order chi connectivity index (χ1) is 8.09. The third-order valence-electron chi connectivity index (χ3n) is 3.22. The van der Waals surface area contributed by atoms with Gasteiger partial charge in [-0.3, -0.25) is 10.1 Å². The van der Waals surface area contributed by atoms with Crippen molar-refractivity contribution in [1.29, 1.82) is 0 Å². The first-order valence-corrected chi connectivity index (χ1v) is 5.72. The van der Waals surface area contributed by atoms with E-state index in [1.54, 1.807) is 4.90 Å². The fraction of sp³-hybridized carbons (Fsp3) is 0.800. The van der Waals surface area contributed by atoms with Crippen LogP contribution >= 0.6 is 0 Å². The average Bonchev–Trinajstić information content (AvgIpc) is 2.90. The molecule has 2 atom stereocenters. The van der Waals surface area contributed by atoms with Crippen LogP contribution in [-0.2, 0) is 4.74 Å². The van der Waals surface area contributed by atoms with E-state index in [4.69, 9.17) is 4.74 Å². The maximum Gasteiger partial charge on any atom is 0.460 e. The molecule has 0 spiro atoms. The fourth-order valence-electron chi connectivity index (χ4n) is 2.23. The van der Waals surface area contributed by atoms with Gasteiger partial charge in [-0.25, -0.2) is 0 Å². The van der Waals surface area contributed by atoms with Crippen molar-refractivity contribution in [1.82, 2.24) is 10.2 Å². The molecule has 0 aromatic heterocycles. The molecule has 96 valence electrons. The summed E-state index contributed by atoms with van der Waals surface area (Å²) >= 11 is 0. The van der Waals surface area contributed by atoms with E-state index in [0.717, 1.165) is 13.0 Å². The van der Waals surface area contributed by atoms with Gasteiger partial charge in [0, 0.05) is 31.7 Å². The van der Waals surface area contributed by atoms with Crippen LogP contribution in [0, 0.1) is 16.0 Å². The molecule has 7 heteroatoms. The molecule has 0 radical (unpaired) electrons. The molecular weight excluding hydrogens is 229 g/mol. The number of hydrogen-bond acceptors (Lipinski definition) is 5. The molecule has 0 amide bonds. The highest BCUT2D eigenvalue weighted by atomic mass is 19.1. The van der Waals surface area contributed by atoms with Gasteiger partial charge in [-0.15, -0.1) is 4.39 Å². The third-order valence-corrected chi connectivity index (χ3v) is 3.22. The number of nitrogens with one attached hydrogen (secondary N) is 1. The summed E-state index contributed by atoms with van der Waals surface area (Å²) in [6.07, 6.45) is 0.927. The van der Waals surface area contributed by atoms with Gasteiger partial charge in [0.25, 0.3) is 0 Å². The lowest BCUT2D eigenvalue weighted by molar-refractivity contribution is -0.449. The Labute approximate surface area is 98.6 Å². The summed E-state index contributed by atoms with van der Waals surface area (Å²) in [5.41, 5.74) is 0. The van der Waals surface area contributed by atoms with Crippen molar-refractivity contribution >= 4 is 0 Å². The predicted molar refractivity (Wildman–Crippen MR) is 58.2 cm³/mol. The Morgan fingerprint density at radius 3 is 3.12 bits per heavy atom. The predicted octanol–water partition coefficient (Wildman–Crippen LogP) is 0.689. The zero-order valence-electron chi connectivity index (χ0n) is 9.69. The Morgan fingerprint density at radius 1 is 1.76 bits per heavy atom. The summed E-state index contributed by atoms with van der Waals surface area (Å²) in [5, 5.41) is 13.2. The Bertz CT molecular complexity index is 342. The van der Waals surface area contributed by atoms with Crippen molar-refractivity contribution in [2.24, 2.45) is 5.92 Å². The molecule has 17 heavy (non-hydrogen) atoms. The molecular formula is C10H16FN3O3. The molecule has 1 N–H and O–H groups in total. The molecule has 2 unspecified atom stereocenters. The Kier molecular flexibility index (Phi) is 3.46. The number of halogens is 1. The van der Waals surface area contributed by atoms with Crippen molar-refractivity contribution in [3.8, 4) is 0 Å². The average molecular weight is 245 g/mol. The molecule has 0 aliphatic carbocycles. The van der Waals surface area contributed by atoms with Crippen molar-refractivity contribution in [3.63, 3.8) is 0 Å².